The Bertz CT molecular complexity index is 392. The van der Waals surface area contributed by atoms with Crippen molar-refractivity contribution < 1.29 is 4.74 Å². The van der Waals surface area contributed by atoms with Crippen LogP contribution in [0.4, 0.5) is 0 Å². The van der Waals surface area contributed by atoms with Gasteiger partial charge >= 0.3 is 0 Å². The summed E-state index contributed by atoms with van der Waals surface area (Å²) in [6.45, 7) is 5.14. The molecule has 1 aromatic carbocycles. The van der Waals surface area contributed by atoms with Gasteiger partial charge in [0.2, 0.25) is 0 Å². The van der Waals surface area contributed by atoms with Gasteiger partial charge in [-0.05, 0) is 78.9 Å². The van der Waals surface area contributed by atoms with E-state index in [9.17, 15) is 0 Å². The quantitative estimate of drug-likeness (QED) is 0.783. The van der Waals surface area contributed by atoms with E-state index in [1.54, 1.807) is 0 Å². The number of nitrogens with two attached hydrogens (primary N) is 1. The highest BCUT2D eigenvalue weighted by atomic mass is 79.9. The molecule has 106 valence electrons. The first kappa shape index (κ1) is 14.8. The topological polar surface area (TPSA) is 38.5 Å². The lowest BCUT2D eigenvalue weighted by Gasteiger charge is -2.15. The summed E-state index contributed by atoms with van der Waals surface area (Å²) >= 11 is 3.56. The average Bonchev–Trinajstić information content (AvgIpc) is 2.90. The monoisotopic (exact) mass is 326 g/mol. The van der Waals surface area contributed by atoms with Crippen LogP contribution in [0, 0.1) is 0 Å². The van der Waals surface area contributed by atoms with Crippen molar-refractivity contribution in [3.8, 4) is 5.75 Å². The Kier molecular flexibility index (Phi) is 6.14. The summed E-state index contributed by atoms with van der Waals surface area (Å²) in [6, 6.07) is 6.22. The van der Waals surface area contributed by atoms with E-state index in [0.29, 0.717) is 6.54 Å². The Labute approximate surface area is 124 Å². The lowest BCUT2D eigenvalue weighted by Crippen LogP contribution is -2.21. The Morgan fingerprint density at radius 1 is 1.26 bits per heavy atom. The summed E-state index contributed by atoms with van der Waals surface area (Å²) in [4.78, 5) is 2.52. The Hall–Kier alpha value is -0.580. The molecule has 4 heteroatoms. The van der Waals surface area contributed by atoms with Crippen molar-refractivity contribution in [3.05, 3.63) is 28.2 Å². The first-order valence-corrected chi connectivity index (χ1v) is 7.92. The van der Waals surface area contributed by atoms with Crippen LogP contribution in [0.1, 0.15) is 24.8 Å². The molecular formula is C15H23BrN2O. The van der Waals surface area contributed by atoms with Crippen molar-refractivity contribution in [2.75, 3.05) is 32.8 Å². The van der Waals surface area contributed by atoms with E-state index in [-0.39, 0.29) is 0 Å². The fourth-order valence-corrected chi connectivity index (χ4v) is 3.00. The molecule has 1 heterocycles. The first-order valence-electron chi connectivity index (χ1n) is 7.13. The van der Waals surface area contributed by atoms with Crippen LogP contribution in [0.25, 0.3) is 0 Å². The van der Waals surface area contributed by atoms with E-state index < -0.39 is 0 Å². The summed E-state index contributed by atoms with van der Waals surface area (Å²) in [7, 11) is 0. The number of nitrogens with zero attached hydrogens (tertiary/aromatic N) is 1. The minimum atomic E-state index is 0.683. The van der Waals surface area contributed by atoms with Gasteiger partial charge in [0.15, 0.2) is 0 Å². The lowest BCUT2D eigenvalue weighted by molar-refractivity contribution is 0.262. The maximum Gasteiger partial charge on any atom is 0.133 e. The smallest absolute Gasteiger partial charge is 0.133 e. The molecule has 0 spiro atoms. The number of benzene rings is 1. The van der Waals surface area contributed by atoms with Crippen LogP contribution in [0.2, 0.25) is 0 Å². The summed E-state index contributed by atoms with van der Waals surface area (Å²) in [5.74, 6) is 0.933. The largest absolute Gasteiger partial charge is 0.492 e. The number of ether oxygens (including phenoxy) is 1. The van der Waals surface area contributed by atoms with E-state index in [1.165, 1.54) is 31.5 Å². The highest BCUT2D eigenvalue weighted by molar-refractivity contribution is 9.10. The Balaban J connectivity index is 1.72. The third-order valence-electron chi connectivity index (χ3n) is 3.50. The van der Waals surface area contributed by atoms with Gasteiger partial charge in [-0.1, -0.05) is 6.07 Å². The van der Waals surface area contributed by atoms with E-state index in [4.69, 9.17) is 10.5 Å². The lowest BCUT2D eigenvalue weighted by atomic mass is 10.1. The fraction of sp³-hybridized carbons (Fsp3) is 0.600. The normalized spacial score (nSPS) is 15.9. The van der Waals surface area contributed by atoms with Crippen molar-refractivity contribution in [1.29, 1.82) is 0 Å². The summed E-state index contributed by atoms with van der Waals surface area (Å²) in [5, 5.41) is 0. The van der Waals surface area contributed by atoms with E-state index in [1.807, 2.05) is 6.07 Å². The number of hydrogen-bond acceptors (Lipinski definition) is 3. The molecule has 0 unspecified atom stereocenters. The standard InChI is InChI=1S/C15H23BrN2O/c16-14-12-13(6-7-17)4-5-15(14)19-11-3-10-18-8-1-2-9-18/h4-5,12H,1-3,6-11,17H2. The number of likely N-dealkylation sites (tertiary alicyclic amines) is 1. The molecule has 1 aromatic rings. The van der Waals surface area contributed by atoms with Gasteiger partial charge in [-0.2, -0.15) is 0 Å². The molecule has 0 radical (unpaired) electrons. The first-order chi connectivity index (χ1) is 9.29. The van der Waals surface area contributed by atoms with Crippen LogP contribution in [0.5, 0.6) is 5.75 Å². The molecule has 2 rings (SSSR count). The number of rotatable bonds is 7. The van der Waals surface area contributed by atoms with Crippen molar-refractivity contribution in [1.82, 2.24) is 4.90 Å². The molecule has 0 bridgehead atoms. The molecule has 19 heavy (non-hydrogen) atoms. The maximum atomic E-state index is 5.82. The minimum absolute atomic E-state index is 0.683. The zero-order valence-electron chi connectivity index (χ0n) is 11.4. The minimum Gasteiger partial charge on any atom is -0.492 e. The SMILES string of the molecule is NCCc1ccc(OCCCN2CCCC2)c(Br)c1. The van der Waals surface area contributed by atoms with Gasteiger partial charge in [-0.3, -0.25) is 0 Å². The predicted molar refractivity (Wildman–Crippen MR) is 82.7 cm³/mol. The molecule has 3 nitrogen and oxygen atoms in total. The van der Waals surface area contributed by atoms with Crippen LogP contribution in [-0.2, 0) is 6.42 Å². The predicted octanol–water partition coefficient (Wildman–Crippen LogP) is 2.82. The number of hydrogen-bond donors (Lipinski definition) is 1. The molecule has 0 aliphatic carbocycles. The highest BCUT2D eigenvalue weighted by Crippen LogP contribution is 2.26. The van der Waals surface area contributed by atoms with Crippen molar-refractivity contribution in [2.24, 2.45) is 5.73 Å². The molecule has 0 aromatic heterocycles. The van der Waals surface area contributed by atoms with Crippen LogP contribution in [0.15, 0.2) is 22.7 Å². The molecule has 0 amide bonds. The maximum absolute atomic E-state index is 5.82. The van der Waals surface area contributed by atoms with Gasteiger partial charge in [0, 0.05) is 6.54 Å². The zero-order valence-corrected chi connectivity index (χ0v) is 13.0. The molecule has 1 aliphatic rings. The van der Waals surface area contributed by atoms with E-state index >= 15 is 0 Å². The second kappa shape index (κ2) is 7.88. The van der Waals surface area contributed by atoms with Crippen LogP contribution in [-0.4, -0.2) is 37.7 Å². The molecule has 1 fully saturated rings. The van der Waals surface area contributed by atoms with Crippen LogP contribution < -0.4 is 10.5 Å². The third-order valence-corrected chi connectivity index (χ3v) is 4.12. The molecule has 0 saturated carbocycles. The van der Waals surface area contributed by atoms with Crippen molar-refractivity contribution >= 4 is 15.9 Å². The Morgan fingerprint density at radius 3 is 2.74 bits per heavy atom. The summed E-state index contributed by atoms with van der Waals surface area (Å²) in [6.07, 6.45) is 4.72. The van der Waals surface area contributed by atoms with Crippen molar-refractivity contribution in [2.45, 2.75) is 25.7 Å². The third kappa shape index (κ3) is 4.79. The molecule has 1 saturated heterocycles. The Morgan fingerprint density at radius 2 is 2.05 bits per heavy atom. The molecule has 2 N–H and O–H groups in total. The zero-order chi connectivity index (χ0) is 13.5. The van der Waals surface area contributed by atoms with Gasteiger partial charge in [0.25, 0.3) is 0 Å². The van der Waals surface area contributed by atoms with Gasteiger partial charge in [-0.15, -0.1) is 0 Å². The second-order valence-electron chi connectivity index (χ2n) is 5.05. The fourth-order valence-electron chi connectivity index (χ4n) is 2.46. The average molecular weight is 327 g/mol. The van der Waals surface area contributed by atoms with Crippen molar-refractivity contribution in [3.63, 3.8) is 0 Å². The van der Waals surface area contributed by atoms with Crippen LogP contribution >= 0.6 is 15.9 Å². The van der Waals surface area contributed by atoms with Crippen LogP contribution in [0.3, 0.4) is 0 Å². The van der Waals surface area contributed by atoms with Gasteiger partial charge in [0.1, 0.15) is 5.75 Å². The molecule has 0 atom stereocenters. The van der Waals surface area contributed by atoms with E-state index in [2.05, 4.69) is 33.0 Å². The molecular weight excluding hydrogens is 304 g/mol. The highest BCUT2D eigenvalue weighted by Gasteiger charge is 2.10. The van der Waals surface area contributed by atoms with Gasteiger partial charge in [-0.25, -0.2) is 0 Å². The summed E-state index contributed by atoms with van der Waals surface area (Å²) in [5.41, 5.74) is 6.80. The molecule has 1 aliphatic heterocycles. The number of halogens is 1. The summed E-state index contributed by atoms with van der Waals surface area (Å²) < 4.78 is 6.85. The second-order valence-corrected chi connectivity index (χ2v) is 5.91. The van der Waals surface area contributed by atoms with E-state index in [0.717, 1.165) is 36.2 Å². The van der Waals surface area contributed by atoms with Gasteiger partial charge < -0.3 is 15.4 Å². The van der Waals surface area contributed by atoms with Gasteiger partial charge in [0.05, 0.1) is 11.1 Å².